The van der Waals surface area contributed by atoms with Crippen LogP contribution in [0.15, 0.2) is 18.2 Å². The summed E-state index contributed by atoms with van der Waals surface area (Å²) in [7, 11) is 1.52. The number of halogens is 1. The lowest BCUT2D eigenvalue weighted by atomic mass is 10.2. The molecule has 1 aromatic rings. The first-order chi connectivity index (χ1) is 9.11. The number of carbonyl (C=O) groups is 1. The summed E-state index contributed by atoms with van der Waals surface area (Å²) in [6.45, 7) is 3.34. The lowest BCUT2D eigenvalue weighted by Crippen LogP contribution is -2.39. The number of ether oxygens (including phenoxy) is 1. The molecule has 1 aliphatic heterocycles. The molecule has 0 aliphatic carbocycles. The van der Waals surface area contributed by atoms with Crippen molar-refractivity contribution in [1.82, 2.24) is 4.90 Å². The molecule has 1 fully saturated rings. The Labute approximate surface area is 112 Å². The molecule has 0 aromatic heterocycles. The van der Waals surface area contributed by atoms with Crippen LogP contribution >= 0.6 is 0 Å². The Hall–Kier alpha value is -1.78. The van der Waals surface area contributed by atoms with E-state index in [1.54, 1.807) is 19.1 Å². The zero-order chi connectivity index (χ0) is 13.8. The summed E-state index contributed by atoms with van der Waals surface area (Å²) in [5.74, 6) is 0.186. The van der Waals surface area contributed by atoms with Crippen LogP contribution in [0.5, 0.6) is 5.75 Å². The molecule has 1 aliphatic rings. The highest BCUT2D eigenvalue weighted by molar-refractivity contribution is 5.84. The van der Waals surface area contributed by atoms with Crippen molar-refractivity contribution in [3.05, 3.63) is 24.0 Å². The van der Waals surface area contributed by atoms with Crippen LogP contribution in [-0.2, 0) is 4.79 Å². The van der Waals surface area contributed by atoms with Crippen LogP contribution in [0.1, 0.15) is 19.8 Å². The van der Waals surface area contributed by atoms with Crippen LogP contribution in [0, 0.1) is 5.82 Å². The third-order valence-electron chi connectivity index (χ3n) is 3.33. The lowest BCUT2D eigenvalue weighted by Gasteiger charge is -2.22. The van der Waals surface area contributed by atoms with Gasteiger partial charge in [0.05, 0.1) is 12.8 Å². The molecule has 0 bridgehead atoms. The number of benzene rings is 1. The predicted octanol–water partition coefficient (Wildman–Crippen LogP) is 2.26. The average molecular weight is 266 g/mol. The minimum Gasteiger partial charge on any atom is -0.497 e. The smallest absolute Gasteiger partial charge is 0.244 e. The van der Waals surface area contributed by atoms with Crippen molar-refractivity contribution < 1.29 is 13.9 Å². The van der Waals surface area contributed by atoms with E-state index in [0.717, 1.165) is 25.9 Å². The van der Waals surface area contributed by atoms with E-state index in [0.29, 0.717) is 11.4 Å². The van der Waals surface area contributed by atoms with E-state index in [9.17, 15) is 9.18 Å². The maximum Gasteiger partial charge on any atom is 0.244 e. The van der Waals surface area contributed by atoms with Crippen molar-refractivity contribution >= 4 is 11.6 Å². The van der Waals surface area contributed by atoms with Gasteiger partial charge in [0.15, 0.2) is 0 Å². The van der Waals surface area contributed by atoms with Crippen molar-refractivity contribution in [1.29, 1.82) is 0 Å². The van der Waals surface area contributed by atoms with Crippen molar-refractivity contribution in [2.45, 2.75) is 25.8 Å². The van der Waals surface area contributed by atoms with Crippen LogP contribution in [-0.4, -0.2) is 37.0 Å². The fourth-order valence-electron chi connectivity index (χ4n) is 2.25. The molecule has 4 nitrogen and oxygen atoms in total. The Morgan fingerprint density at radius 2 is 2.11 bits per heavy atom. The summed E-state index contributed by atoms with van der Waals surface area (Å²) in [5, 5.41) is 2.92. The van der Waals surface area contributed by atoms with Crippen molar-refractivity contribution in [2.24, 2.45) is 0 Å². The van der Waals surface area contributed by atoms with Gasteiger partial charge in [0.25, 0.3) is 0 Å². The van der Waals surface area contributed by atoms with Crippen molar-refractivity contribution in [2.75, 3.05) is 25.5 Å². The fraction of sp³-hybridized carbons (Fsp3) is 0.500. The van der Waals surface area contributed by atoms with Gasteiger partial charge in [0, 0.05) is 19.2 Å². The zero-order valence-corrected chi connectivity index (χ0v) is 11.3. The molecule has 0 radical (unpaired) electrons. The number of hydrogen-bond acceptors (Lipinski definition) is 3. The zero-order valence-electron chi connectivity index (χ0n) is 11.3. The number of nitrogens with zero attached hydrogens (tertiary/aromatic N) is 1. The van der Waals surface area contributed by atoms with Gasteiger partial charge in [0.2, 0.25) is 5.91 Å². The largest absolute Gasteiger partial charge is 0.497 e. The summed E-state index contributed by atoms with van der Waals surface area (Å²) >= 11 is 0. The van der Waals surface area contributed by atoms with Crippen LogP contribution in [0.3, 0.4) is 0 Å². The summed E-state index contributed by atoms with van der Waals surface area (Å²) in [6, 6.07) is 3.99. The average Bonchev–Trinajstić information content (AvgIpc) is 2.94. The van der Waals surface area contributed by atoms with Gasteiger partial charge < -0.3 is 15.0 Å². The standard InChI is InChI=1S/C14H19FN2O2/c1-10(14(18)17-7-3-4-8-17)16-13-9-11(19-2)5-6-12(13)15/h5-6,9-10,16H,3-4,7-8H2,1-2H3. The van der Waals surface area contributed by atoms with Gasteiger partial charge in [-0.15, -0.1) is 0 Å². The molecule has 5 heteroatoms. The Bertz CT molecular complexity index is 459. The molecule has 104 valence electrons. The Balaban J connectivity index is 2.05. The molecule has 1 N–H and O–H groups in total. The van der Waals surface area contributed by atoms with E-state index in [2.05, 4.69) is 5.32 Å². The Kier molecular flexibility index (Phi) is 4.24. The van der Waals surface area contributed by atoms with E-state index in [1.165, 1.54) is 13.2 Å². The summed E-state index contributed by atoms with van der Waals surface area (Å²) in [6.07, 6.45) is 2.10. The van der Waals surface area contributed by atoms with Crippen LogP contribution in [0.2, 0.25) is 0 Å². The molecule has 1 unspecified atom stereocenters. The fourth-order valence-corrected chi connectivity index (χ4v) is 2.25. The molecular formula is C14H19FN2O2. The first kappa shape index (κ1) is 13.6. The highest BCUT2D eigenvalue weighted by Gasteiger charge is 2.23. The number of amides is 1. The minimum absolute atomic E-state index is 0.0136. The van der Waals surface area contributed by atoms with E-state index in [-0.39, 0.29) is 11.7 Å². The first-order valence-electron chi connectivity index (χ1n) is 6.50. The molecule has 19 heavy (non-hydrogen) atoms. The number of anilines is 1. The second kappa shape index (κ2) is 5.91. The molecule has 1 amide bonds. The van der Waals surface area contributed by atoms with Gasteiger partial charge in [-0.25, -0.2) is 4.39 Å². The van der Waals surface area contributed by atoms with Crippen molar-refractivity contribution in [3.63, 3.8) is 0 Å². The Morgan fingerprint density at radius 1 is 1.42 bits per heavy atom. The molecule has 0 spiro atoms. The molecule has 1 atom stereocenters. The van der Waals surface area contributed by atoms with Crippen molar-refractivity contribution in [3.8, 4) is 5.75 Å². The molecule has 0 saturated carbocycles. The predicted molar refractivity (Wildman–Crippen MR) is 71.9 cm³/mol. The molecule has 1 aromatic carbocycles. The van der Waals surface area contributed by atoms with Gasteiger partial charge in [0.1, 0.15) is 17.6 Å². The van der Waals surface area contributed by atoms with E-state index < -0.39 is 6.04 Å². The van der Waals surface area contributed by atoms with Gasteiger partial charge in [-0.3, -0.25) is 4.79 Å². The molecule has 1 heterocycles. The maximum absolute atomic E-state index is 13.7. The quantitative estimate of drug-likeness (QED) is 0.909. The summed E-state index contributed by atoms with van der Waals surface area (Å²) in [5.41, 5.74) is 0.291. The summed E-state index contributed by atoms with van der Waals surface area (Å²) < 4.78 is 18.7. The molecule has 1 saturated heterocycles. The minimum atomic E-state index is -0.445. The second-order valence-electron chi connectivity index (χ2n) is 4.74. The number of rotatable bonds is 4. The first-order valence-corrected chi connectivity index (χ1v) is 6.50. The third kappa shape index (κ3) is 3.16. The van der Waals surface area contributed by atoms with Gasteiger partial charge in [-0.2, -0.15) is 0 Å². The summed E-state index contributed by atoms with van der Waals surface area (Å²) in [4.78, 5) is 13.9. The van der Waals surface area contributed by atoms with Crippen LogP contribution < -0.4 is 10.1 Å². The van der Waals surface area contributed by atoms with Gasteiger partial charge >= 0.3 is 0 Å². The molecule has 2 rings (SSSR count). The Morgan fingerprint density at radius 3 is 2.74 bits per heavy atom. The monoisotopic (exact) mass is 266 g/mol. The van der Waals surface area contributed by atoms with Crippen LogP contribution in [0.25, 0.3) is 0 Å². The topological polar surface area (TPSA) is 41.6 Å². The lowest BCUT2D eigenvalue weighted by molar-refractivity contribution is -0.130. The van der Waals surface area contributed by atoms with E-state index in [1.807, 2.05) is 4.90 Å². The normalized spacial score (nSPS) is 16.3. The second-order valence-corrected chi connectivity index (χ2v) is 4.74. The number of carbonyl (C=O) groups excluding carboxylic acids is 1. The highest BCUT2D eigenvalue weighted by Crippen LogP contribution is 2.22. The van der Waals surface area contributed by atoms with Gasteiger partial charge in [-0.05, 0) is 31.9 Å². The highest BCUT2D eigenvalue weighted by atomic mass is 19.1. The van der Waals surface area contributed by atoms with E-state index >= 15 is 0 Å². The molecular weight excluding hydrogens is 247 g/mol. The van der Waals surface area contributed by atoms with Gasteiger partial charge in [-0.1, -0.05) is 0 Å². The number of hydrogen-bond donors (Lipinski definition) is 1. The number of methoxy groups -OCH3 is 1. The van der Waals surface area contributed by atoms with Crippen LogP contribution in [0.4, 0.5) is 10.1 Å². The SMILES string of the molecule is COc1ccc(F)c(NC(C)C(=O)N2CCCC2)c1. The van der Waals surface area contributed by atoms with E-state index in [4.69, 9.17) is 4.74 Å². The number of likely N-dealkylation sites (tertiary alicyclic amines) is 1. The maximum atomic E-state index is 13.7. The number of nitrogens with one attached hydrogen (secondary N) is 1. The third-order valence-corrected chi connectivity index (χ3v) is 3.33.